The van der Waals surface area contributed by atoms with Crippen LogP contribution >= 0.6 is 23.1 Å². The molecule has 1 N–H and O–H groups in total. The van der Waals surface area contributed by atoms with E-state index in [-0.39, 0.29) is 18.3 Å². The molecule has 148 valence electrons. The maximum Gasteiger partial charge on any atom is 0.316 e. The van der Waals surface area contributed by atoms with Gasteiger partial charge in [0.25, 0.3) is 11.1 Å². The van der Waals surface area contributed by atoms with Crippen LogP contribution in [-0.4, -0.2) is 40.7 Å². The summed E-state index contributed by atoms with van der Waals surface area (Å²) in [5.74, 6) is -0.823. The van der Waals surface area contributed by atoms with Gasteiger partial charge < -0.3 is 14.5 Å². The average Bonchev–Trinajstić information content (AvgIpc) is 3.33. The highest BCUT2D eigenvalue weighted by Gasteiger charge is 2.12. The molecule has 0 aliphatic carbocycles. The first-order valence-electron chi connectivity index (χ1n) is 8.92. The van der Waals surface area contributed by atoms with Crippen LogP contribution in [0.1, 0.15) is 5.01 Å². The number of thioether (sulfide) groups is 1. The minimum atomic E-state index is -0.501. The highest BCUT2D eigenvalue weighted by molar-refractivity contribution is 7.99. The molecular weight excluding hydrogens is 410 g/mol. The van der Waals surface area contributed by atoms with E-state index in [0.29, 0.717) is 23.8 Å². The van der Waals surface area contributed by atoms with Crippen LogP contribution in [0.3, 0.4) is 0 Å². The predicted octanol–water partition coefficient (Wildman–Crippen LogP) is 3.43. The van der Waals surface area contributed by atoms with Crippen molar-refractivity contribution in [3.05, 3.63) is 53.5 Å². The van der Waals surface area contributed by atoms with Gasteiger partial charge in [0.2, 0.25) is 0 Å². The van der Waals surface area contributed by atoms with Crippen LogP contribution in [-0.2, 0) is 20.7 Å². The molecule has 2 aromatic heterocycles. The second-order valence-electron chi connectivity index (χ2n) is 6.07. The number of carbonyl (C=O) groups is 2. The van der Waals surface area contributed by atoms with Gasteiger partial charge in [-0.05, 0) is 24.3 Å². The fourth-order valence-corrected chi connectivity index (χ4v) is 4.21. The second-order valence-corrected chi connectivity index (χ2v) is 8.11. The Hall–Kier alpha value is -2.91. The predicted molar refractivity (Wildman–Crippen MR) is 112 cm³/mol. The standard InChI is InChI=1S/C20H17N3O4S2/c24-17(21-10-9-18-22-14-6-2-4-8-16(14)29-18)11-26-19(25)12-28-20-23-13-5-1-3-7-15(13)27-20/h1-8H,9-12H2,(H,21,24). The fourth-order valence-electron chi connectivity index (χ4n) is 2.61. The zero-order chi connectivity index (χ0) is 20.1. The number of fused-ring (bicyclic) bond motifs is 2. The van der Waals surface area contributed by atoms with Crippen molar-refractivity contribution in [2.75, 3.05) is 18.9 Å². The molecule has 7 nitrogen and oxygen atoms in total. The van der Waals surface area contributed by atoms with E-state index in [9.17, 15) is 9.59 Å². The van der Waals surface area contributed by atoms with Gasteiger partial charge in [-0.2, -0.15) is 0 Å². The molecule has 0 aliphatic heterocycles. The molecule has 4 rings (SSSR count). The largest absolute Gasteiger partial charge is 0.455 e. The number of ether oxygens (including phenoxy) is 1. The number of esters is 1. The lowest BCUT2D eigenvalue weighted by molar-refractivity contribution is -0.145. The lowest BCUT2D eigenvalue weighted by Gasteiger charge is -2.05. The van der Waals surface area contributed by atoms with Gasteiger partial charge in [0.05, 0.1) is 15.2 Å². The van der Waals surface area contributed by atoms with Gasteiger partial charge in [-0.15, -0.1) is 11.3 Å². The first-order valence-corrected chi connectivity index (χ1v) is 10.7. The summed E-state index contributed by atoms with van der Waals surface area (Å²) in [4.78, 5) is 32.5. The van der Waals surface area contributed by atoms with Gasteiger partial charge >= 0.3 is 5.97 Å². The number of hydrogen-bond acceptors (Lipinski definition) is 8. The molecule has 0 fully saturated rings. The van der Waals surface area contributed by atoms with E-state index in [4.69, 9.17) is 9.15 Å². The number of para-hydroxylation sites is 3. The van der Waals surface area contributed by atoms with E-state index in [0.717, 1.165) is 32.5 Å². The van der Waals surface area contributed by atoms with Crippen molar-refractivity contribution in [3.63, 3.8) is 0 Å². The highest BCUT2D eigenvalue weighted by atomic mass is 32.2. The zero-order valence-corrected chi connectivity index (χ0v) is 16.9. The maximum absolute atomic E-state index is 11.9. The summed E-state index contributed by atoms with van der Waals surface area (Å²) in [5, 5.41) is 4.08. The number of hydrogen-bond donors (Lipinski definition) is 1. The Labute approximate surface area is 174 Å². The topological polar surface area (TPSA) is 94.3 Å². The molecule has 0 saturated heterocycles. The van der Waals surface area contributed by atoms with Crippen LogP contribution < -0.4 is 5.32 Å². The van der Waals surface area contributed by atoms with Crippen molar-refractivity contribution in [1.29, 1.82) is 0 Å². The number of nitrogens with zero attached hydrogens (tertiary/aromatic N) is 2. The van der Waals surface area contributed by atoms with Gasteiger partial charge in [-0.3, -0.25) is 9.59 Å². The summed E-state index contributed by atoms with van der Waals surface area (Å²) in [5.41, 5.74) is 2.36. The van der Waals surface area contributed by atoms with Crippen molar-refractivity contribution < 1.29 is 18.7 Å². The van der Waals surface area contributed by atoms with Crippen LogP contribution in [0.4, 0.5) is 0 Å². The molecule has 9 heteroatoms. The van der Waals surface area contributed by atoms with E-state index in [1.165, 1.54) is 0 Å². The third-order valence-electron chi connectivity index (χ3n) is 3.95. The van der Waals surface area contributed by atoms with Crippen molar-refractivity contribution in [2.45, 2.75) is 11.6 Å². The van der Waals surface area contributed by atoms with Crippen LogP contribution in [0.2, 0.25) is 0 Å². The minimum absolute atomic E-state index is 0.0196. The molecule has 0 radical (unpaired) electrons. The SMILES string of the molecule is O=C(COC(=O)CSc1nc2ccccc2o1)NCCc1nc2ccccc2s1. The summed E-state index contributed by atoms with van der Waals surface area (Å²) in [6.45, 7) is 0.126. The number of aromatic nitrogens is 2. The maximum atomic E-state index is 11.9. The Balaban J connectivity index is 1.15. The number of nitrogens with one attached hydrogen (secondary N) is 1. The van der Waals surface area contributed by atoms with E-state index in [1.807, 2.05) is 48.5 Å². The highest BCUT2D eigenvalue weighted by Crippen LogP contribution is 2.23. The van der Waals surface area contributed by atoms with Crippen molar-refractivity contribution in [3.8, 4) is 0 Å². The van der Waals surface area contributed by atoms with E-state index in [2.05, 4.69) is 15.3 Å². The first kappa shape index (κ1) is 19.4. The van der Waals surface area contributed by atoms with Gasteiger partial charge in [-0.1, -0.05) is 36.0 Å². The lowest BCUT2D eigenvalue weighted by atomic mass is 10.3. The van der Waals surface area contributed by atoms with Gasteiger partial charge in [0.15, 0.2) is 12.2 Å². The fraction of sp³-hybridized carbons (Fsp3) is 0.200. The first-order chi connectivity index (χ1) is 14.2. The summed E-state index contributed by atoms with van der Waals surface area (Å²) < 4.78 is 11.6. The lowest BCUT2D eigenvalue weighted by Crippen LogP contribution is -2.30. The third-order valence-corrected chi connectivity index (χ3v) is 5.85. The van der Waals surface area contributed by atoms with Gasteiger partial charge in [0.1, 0.15) is 11.3 Å². The molecule has 0 saturated carbocycles. The quantitative estimate of drug-likeness (QED) is 0.340. The average molecular weight is 428 g/mol. The Bertz CT molecular complexity index is 1090. The van der Waals surface area contributed by atoms with E-state index in [1.54, 1.807) is 11.3 Å². The molecule has 29 heavy (non-hydrogen) atoms. The third kappa shape index (κ3) is 5.12. The van der Waals surface area contributed by atoms with E-state index < -0.39 is 5.97 Å². The zero-order valence-electron chi connectivity index (χ0n) is 15.3. The van der Waals surface area contributed by atoms with Crippen LogP contribution in [0.15, 0.2) is 58.2 Å². The Morgan fingerprint density at radius 3 is 2.69 bits per heavy atom. The molecule has 0 bridgehead atoms. The Kier molecular flexibility index (Phi) is 6.06. The second kappa shape index (κ2) is 9.06. The number of benzene rings is 2. The molecule has 2 aromatic carbocycles. The molecule has 1 amide bonds. The van der Waals surface area contributed by atoms with Gasteiger partial charge in [-0.25, -0.2) is 9.97 Å². The molecule has 0 spiro atoms. The molecule has 2 heterocycles. The number of oxazole rings is 1. The minimum Gasteiger partial charge on any atom is -0.455 e. The molecule has 0 aliphatic rings. The van der Waals surface area contributed by atoms with Crippen molar-refractivity contribution in [1.82, 2.24) is 15.3 Å². The Morgan fingerprint density at radius 2 is 1.86 bits per heavy atom. The molecule has 0 atom stereocenters. The number of thiazole rings is 1. The number of carbonyl (C=O) groups excluding carboxylic acids is 2. The normalized spacial score (nSPS) is 11.0. The van der Waals surface area contributed by atoms with Crippen molar-refractivity contribution >= 4 is 56.3 Å². The van der Waals surface area contributed by atoms with Crippen molar-refractivity contribution in [2.24, 2.45) is 0 Å². The van der Waals surface area contributed by atoms with Crippen LogP contribution in [0.5, 0.6) is 0 Å². The molecule has 0 unspecified atom stereocenters. The van der Waals surface area contributed by atoms with Gasteiger partial charge in [0, 0.05) is 13.0 Å². The number of amides is 1. The summed E-state index contributed by atoms with van der Waals surface area (Å²) in [7, 11) is 0. The summed E-state index contributed by atoms with van der Waals surface area (Å²) >= 11 is 2.74. The smallest absolute Gasteiger partial charge is 0.316 e. The van der Waals surface area contributed by atoms with Crippen LogP contribution in [0, 0.1) is 0 Å². The molecular formula is C20H17N3O4S2. The Morgan fingerprint density at radius 1 is 1.07 bits per heavy atom. The van der Waals surface area contributed by atoms with Crippen LogP contribution in [0.25, 0.3) is 21.3 Å². The molecule has 4 aromatic rings. The number of rotatable bonds is 8. The monoisotopic (exact) mass is 427 g/mol. The summed E-state index contributed by atoms with van der Waals surface area (Å²) in [6.07, 6.45) is 0.632. The van der Waals surface area contributed by atoms with E-state index >= 15 is 0 Å². The summed E-state index contributed by atoms with van der Waals surface area (Å²) in [6, 6.07) is 15.3.